The Labute approximate surface area is 132 Å². The fraction of sp³-hybridized carbons (Fsp3) is 0.267. The lowest BCUT2D eigenvalue weighted by atomic mass is 10.2. The van der Waals surface area contributed by atoms with Crippen LogP contribution in [0.25, 0.3) is 11.7 Å². The Bertz CT molecular complexity index is 778. The number of nitrogens with one attached hydrogen (secondary N) is 1. The molecule has 3 aromatic rings. The van der Waals surface area contributed by atoms with Gasteiger partial charge in [-0.15, -0.1) is 0 Å². The molecule has 8 nitrogen and oxygen atoms in total. The van der Waals surface area contributed by atoms with Gasteiger partial charge in [0.05, 0.1) is 18.4 Å². The van der Waals surface area contributed by atoms with Gasteiger partial charge in [-0.1, -0.05) is 19.0 Å². The maximum absolute atomic E-state index is 12.0. The van der Waals surface area contributed by atoms with Gasteiger partial charge in [0, 0.05) is 18.3 Å². The Kier molecular flexibility index (Phi) is 4.13. The van der Waals surface area contributed by atoms with E-state index in [4.69, 9.17) is 8.94 Å². The van der Waals surface area contributed by atoms with Gasteiger partial charge in [-0.05, 0) is 12.1 Å². The summed E-state index contributed by atoms with van der Waals surface area (Å²) in [5.41, 5.74) is 0.379. The topological polar surface area (TPSA) is 107 Å². The molecule has 0 spiro atoms. The summed E-state index contributed by atoms with van der Waals surface area (Å²) in [6.45, 7) is 4.11. The second-order valence-corrected chi connectivity index (χ2v) is 5.16. The molecule has 0 saturated carbocycles. The lowest BCUT2D eigenvalue weighted by molar-refractivity contribution is 0.0949. The van der Waals surface area contributed by atoms with E-state index in [0.29, 0.717) is 23.0 Å². The quantitative estimate of drug-likeness (QED) is 0.769. The fourth-order valence-electron chi connectivity index (χ4n) is 1.84. The van der Waals surface area contributed by atoms with E-state index < -0.39 is 0 Å². The van der Waals surface area contributed by atoms with Crippen LogP contribution in [0.3, 0.4) is 0 Å². The predicted octanol–water partition coefficient (Wildman–Crippen LogP) is 2.17. The van der Waals surface area contributed by atoms with Crippen molar-refractivity contribution in [3.63, 3.8) is 0 Å². The minimum atomic E-state index is -0.301. The van der Waals surface area contributed by atoms with Crippen LogP contribution < -0.4 is 5.32 Å². The van der Waals surface area contributed by atoms with Crippen molar-refractivity contribution in [1.82, 2.24) is 25.4 Å². The minimum Gasteiger partial charge on any atom is -0.459 e. The van der Waals surface area contributed by atoms with Crippen LogP contribution in [0, 0.1) is 0 Å². The molecule has 3 rings (SSSR count). The van der Waals surface area contributed by atoms with Gasteiger partial charge in [0.2, 0.25) is 0 Å². The molecule has 8 heteroatoms. The molecule has 0 bridgehead atoms. The molecule has 118 valence electrons. The van der Waals surface area contributed by atoms with Crippen molar-refractivity contribution in [2.45, 2.75) is 26.3 Å². The average molecular weight is 313 g/mol. The average Bonchev–Trinajstić information content (AvgIpc) is 3.23. The number of hydrogen-bond acceptors (Lipinski definition) is 7. The Morgan fingerprint density at radius 2 is 2.09 bits per heavy atom. The molecule has 0 atom stereocenters. The van der Waals surface area contributed by atoms with Gasteiger partial charge in [-0.25, -0.2) is 9.97 Å². The Hall–Kier alpha value is -3.03. The smallest absolute Gasteiger partial charge is 0.293 e. The lowest BCUT2D eigenvalue weighted by Gasteiger charge is -2.05. The van der Waals surface area contributed by atoms with Gasteiger partial charge in [0.1, 0.15) is 5.82 Å². The van der Waals surface area contributed by atoms with E-state index in [1.54, 1.807) is 12.1 Å². The van der Waals surface area contributed by atoms with Gasteiger partial charge in [0.25, 0.3) is 11.8 Å². The SMILES string of the molecule is CC(C)c1ncc(C(=O)NCc2noc(-c3ccco3)n2)cn1. The van der Waals surface area contributed by atoms with E-state index in [9.17, 15) is 4.79 Å². The predicted molar refractivity (Wildman–Crippen MR) is 79.3 cm³/mol. The molecule has 3 heterocycles. The molecule has 0 aliphatic rings. The van der Waals surface area contributed by atoms with E-state index >= 15 is 0 Å². The third kappa shape index (κ3) is 3.42. The molecule has 0 aromatic carbocycles. The van der Waals surface area contributed by atoms with Crippen molar-refractivity contribution in [2.75, 3.05) is 0 Å². The van der Waals surface area contributed by atoms with Crippen LogP contribution in [0.4, 0.5) is 0 Å². The van der Waals surface area contributed by atoms with Crippen molar-refractivity contribution in [3.8, 4) is 11.7 Å². The summed E-state index contributed by atoms with van der Waals surface area (Å²) in [4.78, 5) is 24.5. The van der Waals surface area contributed by atoms with Crippen LogP contribution in [-0.2, 0) is 6.54 Å². The molecule has 0 fully saturated rings. The molecule has 0 saturated heterocycles. The van der Waals surface area contributed by atoms with Gasteiger partial charge in [0.15, 0.2) is 11.6 Å². The molecule has 23 heavy (non-hydrogen) atoms. The summed E-state index contributed by atoms with van der Waals surface area (Å²) in [6, 6.07) is 3.44. The minimum absolute atomic E-state index is 0.134. The number of carbonyl (C=O) groups excluding carboxylic acids is 1. The standard InChI is InChI=1S/C15H15N5O3/c1-9(2)13-16-6-10(7-17-13)14(21)18-8-12-19-15(23-20-12)11-4-3-5-22-11/h3-7,9H,8H2,1-2H3,(H,18,21). The largest absolute Gasteiger partial charge is 0.459 e. The molecule has 1 N–H and O–H groups in total. The summed E-state index contributed by atoms with van der Waals surface area (Å²) in [5.74, 6) is 1.71. The number of rotatable bonds is 5. The van der Waals surface area contributed by atoms with Crippen LogP contribution in [0.15, 0.2) is 39.7 Å². The number of nitrogens with zero attached hydrogens (tertiary/aromatic N) is 4. The fourth-order valence-corrected chi connectivity index (χ4v) is 1.84. The highest BCUT2D eigenvalue weighted by Gasteiger charge is 2.13. The molecule has 0 radical (unpaired) electrons. The summed E-state index contributed by atoms with van der Waals surface area (Å²) < 4.78 is 10.2. The van der Waals surface area contributed by atoms with Gasteiger partial charge < -0.3 is 14.3 Å². The third-order valence-corrected chi connectivity index (χ3v) is 3.06. The highest BCUT2D eigenvalue weighted by Crippen LogP contribution is 2.16. The first-order valence-electron chi connectivity index (χ1n) is 7.10. The van der Waals surface area contributed by atoms with E-state index in [-0.39, 0.29) is 24.3 Å². The second-order valence-electron chi connectivity index (χ2n) is 5.16. The van der Waals surface area contributed by atoms with Gasteiger partial charge in [-0.2, -0.15) is 4.98 Å². The lowest BCUT2D eigenvalue weighted by Crippen LogP contribution is -2.24. The van der Waals surface area contributed by atoms with Crippen LogP contribution in [0.5, 0.6) is 0 Å². The van der Waals surface area contributed by atoms with Crippen molar-refractivity contribution in [3.05, 3.63) is 48.0 Å². The first kappa shape index (κ1) is 14.9. The maximum atomic E-state index is 12.0. The molecule has 0 aliphatic heterocycles. The number of furan rings is 1. The zero-order chi connectivity index (χ0) is 16.2. The van der Waals surface area contributed by atoms with Crippen LogP contribution in [0.1, 0.15) is 41.8 Å². The van der Waals surface area contributed by atoms with E-state index in [2.05, 4.69) is 25.4 Å². The number of aromatic nitrogens is 4. The van der Waals surface area contributed by atoms with E-state index in [0.717, 1.165) is 0 Å². The number of carbonyl (C=O) groups is 1. The summed E-state index contributed by atoms with van der Waals surface area (Å²) in [6.07, 6.45) is 4.52. The van der Waals surface area contributed by atoms with Crippen molar-refractivity contribution < 1.29 is 13.7 Å². The number of hydrogen-bond donors (Lipinski definition) is 1. The Balaban J connectivity index is 1.60. The molecular weight excluding hydrogens is 298 g/mol. The van der Waals surface area contributed by atoms with Gasteiger partial charge in [-0.3, -0.25) is 4.79 Å². The van der Waals surface area contributed by atoms with E-state index in [1.165, 1.54) is 18.7 Å². The monoisotopic (exact) mass is 313 g/mol. The second kappa shape index (κ2) is 6.39. The normalized spacial score (nSPS) is 10.9. The third-order valence-electron chi connectivity index (χ3n) is 3.06. The number of amides is 1. The molecule has 0 aliphatic carbocycles. The first-order chi connectivity index (χ1) is 11.1. The van der Waals surface area contributed by atoms with Crippen LogP contribution in [-0.4, -0.2) is 26.0 Å². The molecular formula is C15H15N5O3. The van der Waals surface area contributed by atoms with Crippen molar-refractivity contribution >= 4 is 5.91 Å². The zero-order valence-corrected chi connectivity index (χ0v) is 12.7. The van der Waals surface area contributed by atoms with Crippen LogP contribution >= 0.6 is 0 Å². The Morgan fingerprint density at radius 1 is 1.30 bits per heavy atom. The summed E-state index contributed by atoms with van der Waals surface area (Å²) in [5, 5.41) is 6.47. The summed E-state index contributed by atoms with van der Waals surface area (Å²) >= 11 is 0. The van der Waals surface area contributed by atoms with Gasteiger partial charge >= 0.3 is 0 Å². The van der Waals surface area contributed by atoms with Crippen molar-refractivity contribution in [1.29, 1.82) is 0 Å². The van der Waals surface area contributed by atoms with Crippen LogP contribution in [0.2, 0.25) is 0 Å². The van der Waals surface area contributed by atoms with E-state index in [1.807, 2.05) is 13.8 Å². The maximum Gasteiger partial charge on any atom is 0.293 e. The zero-order valence-electron chi connectivity index (χ0n) is 12.7. The highest BCUT2D eigenvalue weighted by molar-refractivity contribution is 5.93. The first-order valence-corrected chi connectivity index (χ1v) is 7.10. The van der Waals surface area contributed by atoms with Crippen molar-refractivity contribution in [2.24, 2.45) is 0 Å². The Morgan fingerprint density at radius 3 is 2.74 bits per heavy atom. The summed E-state index contributed by atoms with van der Waals surface area (Å²) in [7, 11) is 0. The molecule has 1 amide bonds. The highest BCUT2D eigenvalue weighted by atomic mass is 16.5. The molecule has 3 aromatic heterocycles. The molecule has 0 unspecified atom stereocenters.